The van der Waals surface area contributed by atoms with Crippen LogP contribution in [0.15, 0.2) is 24.3 Å². The summed E-state index contributed by atoms with van der Waals surface area (Å²) >= 11 is 1.96. The van der Waals surface area contributed by atoms with Gasteiger partial charge in [-0.05, 0) is 61.9 Å². The maximum Gasteiger partial charge on any atom is 0.329 e. The van der Waals surface area contributed by atoms with E-state index < -0.39 is 7.60 Å². The predicted molar refractivity (Wildman–Crippen MR) is 126 cm³/mol. The molecule has 170 valence electrons. The van der Waals surface area contributed by atoms with Crippen molar-refractivity contribution < 1.29 is 19.1 Å². The topological polar surface area (TPSA) is 89.9 Å². The molecule has 0 saturated carbocycles. The first-order valence-corrected chi connectivity index (χ1v) is 13.6. The van der Waals surface area contributed by atoms with Crippen molar-refractivity contribution in [2.24, 2.45) is 0 Å². The predicted octanol–water partition coefficient (Wildman–Crippen LogP) is 4.29. The smallest absolute Gasteiger partial charge is 0.329 e. The lowest BCUT2D eigenvalue weighted by molar-refractivity contribution is 0.0930. The van der Waals surface area contributed by atoms with Crippen molar-refractivity contribution in [3.63, 3.8) is 0 Å². The minimum atomic E-state index is -4.11. The Labute approximate surface area is 188 Å². The third kappa shape index (κ3) is 5.65. The molecular formula is C23H33N2O4PS. The number of amides is 1. The molecule has 1 amide bonds. The number of rotatable bonds is 8. The number of fused-ring (bicyclic) bond motifs is 1. The molecule has 0 aliphatic carbocycles. The van der Waals surface area contributed by atoms with Gasteiger partial charge in [-0.25, -0.2) is 0 Å². The third-order valence-electron chi connectivity index (χ3n) is 6.11. The molecule has 2 atom stereocenters. The molecule has 0 fully saturated rings. The summed E-state index contributed by atoms with van der Waals surface area (Å²) in [6.45, 7) is 10.4. The standard InChI is InChI=1S/C23H33N2O4PS/c1-5-19-20-13-15(3)25(16(4)22(20)31-21(19)6-2)12-11-24-23(26)18-9-7-17(8-10-18)14-30(27,28)29/h7-10,15-16H,5-6,11-14H2,1-4H3,(H,24,26)(H2,27,28,29). The summed E-state index contributed by atoms with van der Waals surface area (Å²) in [4.78, 5) is 36.1. The SMILES string of the molecule is CCc1sc2c(c1CC)CC(C)N(CCNC(=O)c1ccc(CP(=O)(O)O)cc1)C2C. The average Bonchev–Trinajstić information content (AvgIpc) is 3.07. The molecule has 3 N–H and O–H groups in total. The van der Waals surface area contributed by atoms with E-state index in [1.54, 1.807) is 35.4 Å². The first-order valence-electron chi connectivity index (χ1n) is 10.9. The van der Waals surface area contributed by atoms with E-state index in [1.165, 1.54) is 9.75 Å². The number of aryl methyl sites for hydroxylation is 1. The van der Waals surface area contributed by atoms with Gasteiger partial charge < -0.3 is 15.1 Å². The van der Waals surface area contributed by atoms with Crippen LogP contribution >= 0.6 is 18.9 Å². The molecule has 1 aromatic heterocycles. The zero-order valence-electron chi connectivity index (χ0n) is 18.7. The summed E-state index contributed by atoms with van der Waals surface area (Å²) < 4.78 is 11.1. The lowest BCUT2D eigenvalue weighted by atomic mass is 9.91. The second-order valence-electron chi connectivity index (χ2n) is 8.30. The second-order valence-corrected chi connectivity index (χ2v) is 11.1. The molecule has 3 rings (SSSR count). The molecule has 1 aliphatic rings. The number of nitrogens with zero attached hydrogens (tertiary/aromatic N) is 1. The number of benzene rings is 1. The van der Waals surface area contributed by atoms with Gasteiger partial charge in [-0.15, -0.1) is 11.3 Å². The van der Waals surface area contributed by atoms with Crippen molar-refractivity contribution in [3.05, 3.63) is 56.3 Å². The summed E-state index contributed by atoms with van der Waals surface area (Å²) in [6, 6.07) is 7.19. The number of carbonyl (C=O) groups is 1. The zero-order valence-corrected chi connectivity index (χ0v) is 20.4. The number of thiophene rings is 1. The van der Waals surface area contributed by atoms with E-state index in [0.29, 0.717) is 29.8 Å². The van der Waals surface area contributed by atoms with Crippen LogP contribution in [-0.2, 0) is 30.0 Å². The lowest BCUT2D eigenvalue weighted by Gasteiger charge is -2.39. The molecule has 2 unspecified atom stereocenters. The molecular weight excluding hydrogens is 431 g/mol. The van der Waals surface area contributed by atoms with E-state index in [2.05, 4.69) is 37.9 Å². The van der Waals surface area contributed by atoms with Crippen LogP contribution in [0.4, 0.5) is 0 Å². The number of nitrogens with one attached hydrogen (secondary N) is 1. The van der Waals surface area contributed by atoms with Crippen molar-refractivity contribution in [2.75, 3.05) is 13.1 Å². The lowest BCUT2D eigenvalue weighted by Crippen LogP contribution is -2.44. The van der Waals surface area contributed by atoms with Crippen molar-refractivity contribution in [1.82, 2.24) is 10.2 Å². The Balaban J connectivity index is 1.59. The third-order valence-corrected chi connectivity index (χ3v) is 8.47. The maximum absolute atomic E-state index is 12.5. The first kappa shape index (κ1) is 24.1. The van der Waals surface area contributed by atoms with Crippen LogP contribution in [0.25, 0.3) is 0 Å². The van der Waals surface area contributed by atoms with Crippen LogP contribution in [0.5, 0.6) is 0 Å². The van der Waals surface area contributed by atoms with Gasteiger partial charge in [0.15, 0.2) is 0 Å². The van der Waals surface area contributed by atoms with Gasteiger partial charge in [-0.3, -0.25) is 14.3 Å². The molecule has 0 radical (unpaired) electrons. The highest BCUT2D eigenvalue weighted by molar-refractivity contribution is 7.50. The van der Waals surface area contributed by atoms with Gasteiger partial charge in [-0.1, -0.05) is 26.0 Å². The van der Waals surface area contributed by atoms with Crippen LogP contribution in [-0.4, -0.2) is 39.7 Å². The number of hydrogen-bond acceptors (Lipinski definition) is 4. The summed E-state index contributed by atoms with van der Waals surface area (Å²) in [6.07, 6.45) is 2.93. The van der Waals surface area contributed by atoms with Crippen LogP contribution < -0.4 is 5.32 Å². The van der Waals surface area contributed by atoms with Gasteiger partial charge in [0.05, 0.1) is 6.16 Å². The molecule has 2 heterocycles. The molecule has 1 aromatic carbocycles. The highest BCUT2D eigenvalue weighted by Crippen LogP contribution is 2.42. The van der Waals surface area contributed by atoms with Crippen LogP contribution in [0.2, 0.25) is 0 Å². The van der Waals surface area contributed by atoms with Gasteiger partial charge in [-0.2, -0.15) is 0 Å². The number of hydrogen-bond donors (Lipinski definition) is 3. The molecule has 2 aromatic rings. The van der Waals surface area contributed by atoms with E-state index in [1.807, 2.05) is 11.3 Å². The summed E-state index contributed by atoms with van der Waals surface area (Å²) in [7, 11) is -4.11. The second kappa shape index (κ2) is 9.97. The van der Waals surface area contributed by atoms with Gasteiger partial charge in [0.2, 0.25) is 0 Å². The van der Waals surface area contributed by atoms with E-state index in [9.17, 15) is 9.36 Å². The van der Waals surface area contributed by atoms with E-state index >= 15 is 0 Å². The minimum absolute atomic E-state index is 0.168. The highest BCUT2D eigenvalue weighted by Gasteiger charge is 2.32. The van der Waals surface area contributed by atoms with Crippen molar-refractivity contribution in [3.8, 4) is 0 Å². The number of carbonyl (C=O) groups excluding carboxylic acids is 1. The Morgan fingerprint density at radius 2 is 1.87 bits per heavy atom. The highest BCUT2D eigenvalue weighted by atomic mass is 32.1. The Hall–Kier alpha value is -1.50. The molecule has 31 heavy (non-hydrogen) atoms. The largest absolute Gasteiger partial charge is 0.351 e. The molecule has 8 heteroatoms. The normalized spacial score (nSPS) is 19.3. The summed E-state index contributed by atoms with van der Waals surface area (Å²) in [5, 5.41) is 2.99. The van der Waals surface area contributed by atoms with E-state index in [4.69, 9.17) is 9.79 Å². The van der Waals surface area contributed by atoms with Gasteiger partial charge in [0.1, 0.15) is 0 Å². The van der Waals surface area contributed by atoms with E-state index in [0.717, 1.165) is 25.8 Å². The molecule has 1 aliphatic heterocycles. The Morgan fingerprint density at radius 3 is 2.45 bits per heavy atom. The first-order chi connectivity index (χ1) is 14.6. The van der Waals surface area contributed by atoms with Crippen LogP contribution in [0, 0.1) is 0 Å². The van der Waals surface area contributed by atoms with Crippen molar-refractivity contribution in [1.29, 1.82) is 0 Å². The minimum Gasteiger partial charge on any atom is -0.351 e. The van der Waals surface area contributed by atoms with E-state index in [-0.39, 0.29) is 12.1 Å². The quantitative estimate of drug-likeness (QED) is 0.507. The molecule has 0 bridgehead atoms. The Morgan fingerprint density at radius 1 is 1.19 bits per heavy atom. The average molecular weight is 465 g/mol. The van der Waals surface area contributed by atoms with Crippen molar-refractivity contribution >= 4 is 24.8 Å². The van der Waals surface area contributed by atoms with Gasteiger partial charge in [0, 0.05) is 40.5 Å². The van der Waals surface area contributed by atoms with Gasteiger partial charge in [0.25, 0.3) is 5.91 Å². The monoisotopic (exact) mass is 464 g/mol. The molecule has 0 spiro atoms. The van der Waals surface area contributed by atoms with Crippen LogP contribution in [0.3, 0.4) is 0 Å². The Kier molecular flexibility index (Phi) is 7.76. The van der Waals surface area contributed by atoms with Gasteiger partial charge >= 0.3 is 7.60 Å². The molecule has 0 saturated heterocycles. The fraction of sp³-hybridized carbons (Fsp3) is 0.522. The van der Waals surface area contributed by atoms with Crippen LogP contribution in [0.1, 0.15) is 70.5 Å². The maximum atomic E-state index is 12.5. The Bertz CT molecular complexity index is 967. The summed E-state index contributed by atoms with van der Waals surface area (Å²) in [5.41, 5.74) is 4.12. The molecule has 6 nitrogen and oxygen atoms in total. The van der Waals surface area contributed by atoms with Crippen molar-refractivity contribution in [2.45, 2.75) is 65.2 Å². The zero-order chi connectivity index (χ0) is 22.8. The summed E-state index contributed by atoms with van der Waals surface area (Å²) in [5.74, 6) is -0.168. The fourth-order valence-corrected chi connectivity index (χ4v) is 6.71. The fourth-order valence-electron chi connectivity index (χ4n) is 4.59.